The monoisotopic (exact) mass is 199 g/mol. The van der Waals surface area contributed by atoms with Crippen LogP contribution in [-0.4, -0.2) is 13.2 Å². The van der Waals surface area contributed by atoms with Gasteiger partial charge in [-0.1, -0.05) is 12.1 Å². The van der Waals surface area contributed by atoms with Crippen LogP contribution in [0, 0.1) is 0 Å². The van der Waals surface area contributed by atoms with Crippen molar-refractivity contribution in [2.75, 3.05) is 7.11 Å². The maximum atomic E-state index is 5.85. The Morgan fingerprint density at radius 3 is 2.85 bits per heavy atom. The molecule has 0 radical (unpaired) electrons. The summed E-state index contributed by atoms with van der Waals surface area (Å²) in [6.07, 6.45) is 1.95. The molecule has 0 heterocycles. The summed E-state index contributed by atoms with van der Waals surface area (Å²) in [4.78, 5) is 0. The molecule has 0 saturated heterocycles. The fraction of sp³-hybridized carbons (Fsp3) is 0.400. The molecule has 1 aliphatic carbocycles. The SMILES string of the molecule is COc1cccc2c1CC(N)C2.Cl. The van der Waals surface area contributed by atoms with Gasteiger partial charge in [0.1, 0.15) is 5.75 Å². The van der Waals surface area contributed by atoms with Crippen molar-refractivity contribution < 1.29 is 4.74 Å². The van der Waals surface area contributed by atoms with Gasteiger partial charge in [-0.3, -0.25) is 0 Å². The number of rotatable bonds is 1. The highest BCUT2D eigenvalue weighted by molar-refractivity contribution is 5.85. The van der Waals surface area contributed by atoms with E-state index in [1.165, 1.54) is 11.1 Å². The van der Waals surface area contributed by atoms with E-state index in [1.54, 1.807) is 7.11 Å². The van der Waals surface area contributed by atoms with Crippen LogP contribution in [0.15, 0.2) is 18.2 Å². The number of benzene rings is 1. The van der Waals surface area contributed by atoms with Crippen molar-refractivity contribution in [2.45, 2.75) is 18.9 Å². The van der Waals surface area contributed by atoms with Gasteiger partial charge >= 0.3 is 0 Å². The summed E-state index contributed by atoms with van der Waals surface area (Å²) in [6, 6.07) is 6.44. The van der Waals surface area contributed by atoms with Gasteiger partial charge in [-0.05, 0) is 30.0 Å². The molecule has 72 valence electrons. The van der Waals surface area contributed by atoms with Crippen LogP contribution in [0.4, 0.5) is 0 Å². The Labute approximate surface area is 84.5 Å². The molecule has 1 aliphatic rings. The molecule has 1 atom stereocenters. The summed E-state index contributed by atoms with van der Waals surface area (Å²) in [6.45, 7) is 0. The quantitative estimate of drug-likeness (QED) is 0.745. The van der Waals surface area contributed by atoms with E-state index >= 15 is 0 Å². The van der Waals surface area contributed by atoms with E-state index in [-0.39, 0.29) is 18.4 Å². The van der Waals surface area contributed by atoms with E-state index < -0.39 is 0 Å². The predicted octanol–water partition coefficient (Wildman–Crippen LogP) is 1.54. The first-order valence-electron chi connectivity index (χ1n) is 4.21. The average Bonchev–Trinajstić information content (AvgIpc) is 2.44. The van der Waals surface area contributed by atoms with Gasteiger partial charge in [0.2, 0.25) is 0 Å². The lowest BCUT2D eigenvalue weighted by Gasteiger charge is -2.05. The minimum atomic E-state index is 0. The highest BCUT2D eigenvalue weighted by Crippen LogP contribution is 2.29. The van der Waals surface area contributed by atoms with Crippen LogP contribution in [0.3, 0.4) is 0 Å². The maximum Gasteiger partial charge on any atom is 0.122 e. The Bertz CT molecular complexity index is 301. The average molecular weight is 200 g/mol. The number of ether oxygens (including phenoxy) is 1. The molecule has 13 heavy (non-hydrogen) atoms. The Balaban J connectivity index is 0.000000845. The lowest BCUT2D eigenvalue weighted by Crippen LogP contribution is -2.19. The molecule has 3 heteroatoms. The van der Waals surface area contributed by atoms with Gasteiger partial charge in [0, 0.05) is 6.04 Å². The number of nitrogens with two attached hydrogens (primary N) is 1. The van der Waals surface area contributed by atoms with E-state index in [1.807, 2.05) is 12.1 Å². The number of fused-ring (bicyclic) bond motifs is 1. The molecule has 0 spiro atoms. The molecule has 0 aromatic heterocycles. The molecule has 0 fully saturated rings. The topological polar surface area (TPSA) is 35.2 Å². The second-order valence-electron chi connectivity index (χ2n) is 3.27. The highest BCUT2D eigenvalue weighted by Gasteiger charge is 2.20. The number of methoxy groups -OCH3 is 1. The van der Waals surface area contributed by atoms with Crippen LogP contribution in [0.5, 0.6) is 5.75 Å². The molecule has 2 nitrogen and oxygen atoms in total. The van der Waals surface area contributed by atoms with Crippen molar-refractivity contribution in [1.82, 2.24) is 0 Å². The zero-order valence-corrected chi connectivity index (χ0v) is 8.43. The second kappa shape index (κ2) is 3.99. The van der Waals surface area contributed by atoms with Gasteiger partial charge < -0.3 is 10.5 Å². The summed E-state index contributed by atoms with van der Waals surface area (Å²) < 4.78 is 5.25. The summed E-state index contributed by atoms with van der Waals surface area (Å²) in [7, 11) is 1.71. The van der Waals surface area contributed by atoms with Crippen LogP contribution in [-0.2, 0) is 12.8 Å². The Morgan fingerprint density at radius 2 is 2.15 bits per heavy atom. The minimum Gasteiger partial charge on any atom is -0.496 e. The van der Waals surface area contributed by atoms with Gasteiger partial charge in [0.25, 0.3) is 0 Å². The zero-order chi connectivity index (χ0) is 8.55. The second-order valence-corrected chi connectivity index (χ2v) is 3.27. The van der Waals surface area contributed by atoms with E-state index in [9.17, 15) is 0 Å². The van der Waals surface area contributed by atoms with Crippen LogP contribution in [0.2, 0.25) is 0 Å². The number of halogens is 1. The summed E-state index contributed by atoms with van der Waals surface area (Å²) in [5, 5.41) is 0. The molecule has 0 bridgehead atoms. The third-order valence-corrected chi connectivity index (χ3v) is 2.40. The number of hydrogen-bond acceptors (Lipinski definition) is 2. The van der Waals surface area contributed by atoms with E-state index in [0.717, 1.165) is 18.6 Å². The first kappa shape index (κ1) is 10.4. The molecule has 1 aromatic rings. The number of hydrogen-bond donors (Lipinski definition) is 1. The summed E-state index contributed by atoms with van der Waals surface area (Å²) in [5.41, 5.74) is 8.50. The molecular formula is C10H14ClNO. The van der Waals surface area contributed by atoms with Crippen molar-refractivity contribution in [2.24, 2.45) is 5.73 Å². The van der Waals surface area contributed by atoms with Crippen LogP contribution in [0.25, 0.3) is 0 Å². The fourth-order valence-electron chi connectivity index (χ4n) is 1.84. The van der Waals surface area contributed by atoms with Gasteiger partial charge in [0.15, 0.2) is 0 Å². The smallest absolute Gasteiger partial charge is 0.122 e. The van der Waals surface area contributed by atoms with E-state index in [2.05, 4.69) is 6.07 Å². The van der Waals surface area contributed by atoms with E-state index in [4.69, 9.17) is 10.5 Å². The van der Waals surface area contributed by atoms with Crippen molar-refractivity contribution >= 4 is 12.4 Å². The summed E-state index contributed by atoms with van der Waals surface area (Å²) >= 11 is 0. The van der Waals surface area contributed by atoms with Gasteiger partial charge in [-0.25, -0.2) is 0 Å². The standard InChI is InChI=1S/C10H13NO.ClH/c1-12-10-4-2-3-7-5-8(11)6-9(7)10;/h2-4,8H,5-6,11H2,1H3;1H. The zero-order valence-electron chi connectivity index (χ0n) is 7.62. The van der Waals surface area contributed by atoms with Crippen molar-refractivity contribution in [1.29, 1.82) is 0 Å². The van der Waals surface area contributed by atoms with E-state index in [0.29, 0.717) is 0 Å². The normalized spacial score (nSPS) is 19.1. The molecule has 0 aliphatic heterocycles. The molecule has 0 saturated carbocycles. The van der Waals surface area contributed by atoms with Crippen LogP contribution >= 0.6 is 12.4 Å². The first-order chi connectivity index (χ1) is 5.81. The van der Waals surface area contributed by atoms with Crippen molar-refractivity contribution in [3.8, 4) is 5.75 Å². The Hall–Kier alpha value is -0.730. The van der Waals surface area contributed by atoms with Gasteiger partial charge in [-0.2, -0.15) is 0 Å². The molecule has 2 rings (SSSR count). The predicted molar refractivity (Wildman–Crippen MR) is 55.6 cm³/mol. The van der Waals surface area contributed by atoms with Crippen molar-refractivity contribution in [3.05, 3.63) is 29.3 Å². The van der Waals surface area contributed by atoms with Gasteiger partial charge in [-0.15, -0.1) is 12.4 Å². The largest absolute Gasteiger partial charge is 0.496 e. The maximum absolute atomic E-state index is 5.85. The third-order valence-electron chi connectivity index (χ3n) is 2.40. The molecule has 1 unspecified atom stereocenters. The third kappa shape index (κ3) is 1.79. The first-order valence-corrected chi connectivity index (χ1v) is 4.21. The molecular weight excluding hydrogens is 186 g/mol. The molecule has 2 N–H and O–H groups in total. The highest BCUT2D eigenvalue weighted by atomic mass is 35.5. The van der Waals surface area contributed by atoms with Crippen molar-refractivity contribution in [3.63, 3.8) is 0 Å². The summed E-state index contributed by atoms with van der Waals surface area (Å²) in [5.74, 6) is 0.987. The van der Waals surface area contributed by atoms with Crippen LogP contribution in [0.1, 0.15) is 11.1 Å². The lowest BCUT2D eigenvalue weighted by atomic mass is 10.1. The fourth-order valence-corrected chi connectivity index (χ4v) is 1.84. The Morgan fingerprint density at radius 1 is 1.38 bits per heavy atom. The molecule has 0 amide bonds. The Kier molecular flexibility index (Phi) is 3.17. The van der Waals surface area contributed by atoms with Gasteiger partial charge in [0.05, 0.1) is 7.11 Å². The minimum absolute atomic E-state index is 0. The van der Waals surface area contributed by atoms with Crippen LogP contribution < -0.4 is 10.5 Å². The lowest BCUT2D eigenvalue weighted by molar-refractivity contribution is 0.410. The molecule has 1 aromatic carbocycles.